The lowest BCUT2D eigenvalue weighted by Gasteiger charge is -2.38. The molecule has 1 aromatic rings. The van der Waals surface area contributed by atoms with E-state index in [1.54, 1.807) is 7.11 Å². The predicted molar refractivity (Wildman–Crippen MR) is 122 cm³/mol. The molecule has 0 saturated carbocycles. The third kappa shape index (κ3) is 6.49. The molecule has 7 heteroatoms. The first-order chi connectivity index (χ1) is 14.2. The number of piperidine rings is 1. The maximum absolute atomic E-state index is 6.38. The van der Waals surface area contributed by atoms with Crippen LogP contribution in [0.25, 0.3) is 0 Å². The number of piperazine rings is 1. The van der Waals surface area contributed by atoms with Gasteiger partial charge in [-0.2, -0.15) is 0 Å². The van der Waals surface area contributed by atoms with E-state index in [1.165, 1.54) is 12.8 Å². The second kappa shape index (κ2) is 11.6. The van der Waals surface area contributed by atoms with Crippen molar-refractivity contribution in [2.75, 3.05) is 77.5 Å². The Balaban J connectivity index is 1.49. The van der Waals surface area contributed by atoms with Crippen molar-refractivity contribution in [1.82, 2.24) is 15.1 Å². The van der Waals surface area contributed by atoms with Gasteiger partial charge in [-0.15, -0.1) is 0 Å². The molecule has 0 spiro atoms. The Bertz CT molecular complexity index is 640. The molecular formula is C22H36ClN5O. The van der Waals surface area contributed by atoms with Crippen LogP contribution >= 0.6 is 11.6 Å². The van der Waals surface area contributed by atoms with E-state index in [9.17, 15) is 0 Å². The first-order valence-corrected chi connectivity index (χ1v) is 11.3. The summed E-state index contributed by atoms with van der Waals surface area (Å²) in [6.45, 7) is 12.0. The number of aliphatic imine (C=N–C) groups is 1. The van der Waals surface area contributed by atoms with E-state index in [-0.39, 0.29) is 0 Å². The minimum absolute atomic E-state index is 0.687. The molecule has 2 heterocycles. The Hall–Kier alpha value is -1.50. The van der Waals surface area contributed by atoms with E-state index in [0.717, 1.165) is 82.2 Å². The van der Waals surface area contributed by atoms with Gasteiger partial charge in [0, 0.05) is 52.9 Å². The van der Waals surface area contributed by atoms with Crippen molar-refractivity contribution in [2.24, 2.45) is 10.9 Å². The summed E-state index contributed by atoms with van der Waals surface area (Å²) in [5.41, 5.74) is 1.14. The van der Waals surface area contributed by atoms with Crippen molar-refractivity contribution in [3.63, 3.8) is 0 Å². The number of methoxy groups -OCH3 is 1. The quantitative estimate of drug-likeness (QED) is 0.541. The van der Waals surface area contributed by atoms with Gasteiger partial charge in [0.1, 0.15) is 0 Å². The SMILES string of the molecule is CCNC(=NCC1CCN(CCOC)CC1)N1CCN(c2ccccc2Cl)CC1. The molecule has 6 nitrogen and oxygen atoms in total. The Labute approximate surface area is 180 Å². The molecule has 2 saturated heterocycles. The predicted octanol–water partition coefficient (Wildman–Crippen LogP) is 2.79. The zero-order valence-electron chi connectivity index (χ0n) is 17.9. The van der Waals surface area contributed by atoms with Gasteiger partial charge in [0.05, 0.1) is 17.3 Å². The number of likely N-dealkylation sites (tertiary alicyclic amines) is 1. The lowest BCUT2D eigenvalue weighted by molar-refractivity contribution is 0.121. The molecule has 0 aliphatic carbocycles. The molecule has 0 unspecified atom stereocenters. The van der Waals surface area contributed by atoms with Crippen LogP contribution < -0.4 is 10.2 Å². The zero-order valence-corrected chi connectivity index (χ0v) is 18.7. The van der Waals surface area contributed by atoms with Crippen molar-refractivity contribution in [2.45, 2.75) is 19.8 Å². The van der Waals surface area contributed by atoms with Gasteiger partial charge in [-0.1, -0.05) is 23.7 Å². The number of rotatable bonds is 7. The maximum Gasteiger partial charge on any atom is 0.194 e. The summed E-state index contributed by atoms with van der Waals surface area (Å²) in [4.78, 5) is 12.3. The van der Waals surface area contributed by atoms with Gasteiger partial charge in [-0.25, -0.2) is 0 Å². The molecule has 0 bridgehead atoms. The van der Waals surface area contributed by atoms with Crippen LogP contribution in [0, 0.1) is 5.92 Å². The number of anilines is 1. The highest BCUT2D eigenvalue weighted by molar-refractivity contribution is 6.33. The summed E-state index contributed by atoms with van der Waals surface area (Å²) >= 11 is 6.38. The Morgan fingerprint density at radius 2 is 1.86 bits per heavy atom. The van der Waals surface area contributed by atoms with Gasteiger partial charge in [0.25, 0.3) is 0 Å². The van der Waals surface area contributed by atoms with Gasteiger partial charge in [-0.3, -0.25) is 4.99 Å². The highest BCUT2D eigenvalue weighted by Crippen LogP contribution is 2.26. The molecule has 3 rings (SSSR count). The van der Waals surface area contributed by atoms with Gasteiger partial charge in [-0.05, 0) is 50.9 Å². The lowest BCUT2D eigenvalue weighted by atomic mass is 9.97. The smallest absolute Gasteiger partial charge is 0.194 e. The van der Waals surface area contributed by atoms with E-state index in [4.69, 9.17) is 21.3 Å². The zero-order chi connectivity index (χ0) is 20.5. The van der Waals surface area contributed by atoms with E-state index >= 15 is 0 Å². The van der Waals surface area contributed by atoms with Gasteiger partial charge < -0.3 is 24.8 Å². The van der Waals surface area contributed by atoms with Crippen molar-refractivity contribution < 1.29 is 4.74 Å². The second-order valence-electron chi connectivity index (χ2n) is 7.90. The summed E-state index contributed by atoms with van der Waals surface area (Å²) in [6, 6.07) is 8.12. The number of benzene rings is 1. The number of ether oxygens (including phenoxy) is 1. The lowest BCUT2D eigenvalue weighted by Crippen LogP contribution is -2.52. The van der Waals surface area contributed by atoms with Crippen molar-refractivity contribution in [3.8, 4) is 0 Å². The number of hydrogen-bond donors (Lipinski definition) is 1. The monoisotopic (exact) mass is 421 g/mol. The van der Waals surface area contributed by atoms with Crippen LogP contribution in [0.2, 0.25) is 5.02 Å². The maximum atomic E-state index is 6.38. The molecule has 2 fully saturated rings. The molecule has 0 aromatic heterocycles. The van der Waals surface area contributed by atoms with Gasteiger partial charge in [0.2, 0.25) is 0 Å². The van der Waals surface area contributed by atoms with E-state index in [2.05, 4.69) is 39.1 Å². The number of para-hydroxylation sites is 1. The molecule has 29 heavy (non-hydrogen) atoms. The van der Waals surface area contributed by atoms with Crippen molar-refractivity contribution >= 4 is 23.2 Å². The molecule has 2 aliphatic rings. The average molecular weight is 422 g/mol. The number of hydrogen-bond acceptors (Lipinski definition) is 4. The van der Waals surface area contributed by atoms with Crippen LogP contribution in [-0.2, 0) is 4.74 Å². The van der Waals surface area contributed by atoms with Crippen molar-refractivity contribution in [3.05, 3.63) is 29.3 Å². The topological polar surface area (TPSA) is 43.3 Å². The summed E-state index contributed by atoms with van der Waals surface area (Å²) < 4.78 is 5.20. The molecule has 162 valence electrons. The standard InChI is InChI=1S/C22H36ClN5O/c1-3-24-22(25-18-19-8-10-26(11-9-19)16-17-29-2)28-14-12-27(13-15-28)21-7-5-4-6-20(21)23/h4-7,19H,3,8-18H2,1-2H3,(H,24,25). The van der Waals surface area contributed by atoms with Gasteiger partial charge in [0.15, 0.2) is 5.96 Å². The second-order valence-corrected chi connectivity index (χ2v) is 8.31. The fourth-order valence-electron chi connectivity index (χ4n) is 4.12. The third-order valence-corrected chi connectivity index (χ3v) is 6.24. The van der Waals surface area contributed by atoms with Gasteiger partial charge >= 0.3 is 0 Å². The fraction of sp³-hybridized carbons (Fsp3) is 0.682. The summed E-state index contributed by atoms with van der Waals surface area (Å²) in [5, 5.41) is 4.33. The highest BCUT2D eigenvalue weighted by atomic mass is 35.5. The average Bonchev–Trinajstić information content (AvgIpc) is 2.76. The Morgan fingerprint density at radius 3 is 2.52 bits per heavy atom. The normalized spacial score (nSPS) is 19.6. The minimum atomic E-state index is 0.687. The number of nitrogens with one attached hydrogen (secondary N) is 1. The Kier molecular flexibility index (Phi) is 8.90. The van der Waals surface area contributed by atoms with Crippen LogP contribution in [0.3, 0.4) is 0 Å². The van der Waals surface area contributed by atoms with Crippen LogP contribution in [0.15, 0.2) is 29.3 Å². The van der Waals surface area contributed by atoms with E-state index in [1.807, 2.05) is 12.1 Å². The van der Waals surface area contributed by atoms with Crippen LogP contribution in [-0.4, -0.2) is 88.4 Å². The minimum Gasteiger partial charge on any atom is -0.383 e. The van der Waals surface area contributed by atoms with Crippen LogP contribution in [0.1, 0.15) is 19.8 Å². The molecule has 1 aromatic carbocycles. The molecular weight excluding hydrogens is 386 g/mol. The summed E-state index contributed by atoms with van der Waals surface area (Å²) in [5.74, 6) is 1.75. The number of halogens is 1. The molecule has 0 atom stereocenters. The first-order valence-electron chi connectivity index (χ1n) is 10.9. The largest absolute Gasteiger partial charge is 0.383 e. The van der Waals surface area contributed by atoms with E-state index in [0.29, 0.717) is 5.92 Å². The first kappa shape index (κ1) is 22.2. The molecule has 0 amide bonds. The van der Waals surface area contributed by atoms with Crippen molar-refractivity contribution in [1.29, 1.82) is 0 Å². The fourth-order valence-corrected chi connectivity index (χ4v) is 4.38. The Morgan fingerprint density at radius 1 is 1.14 bits per heavy atom. The number of nitrogens with zero attached hydrogens (tertiary/aromatic N) is 4. The summed E-state index contributed by atoms with van der Waals surface area (Å²) in [6.07, 6.45) is 2.46. The molecule has 2 aliphatic heterocycles. The highest BCUT2D eigenvalue weighted by Gasteiger charge is 2.22. The molecule has 1 N–H and O–H groups in total. The number of guanidine groups is 1. The third-order valence-electron chi connectivity index (χ3n) is 5.93. The van der Waals surface area contributed by atoms with Crippen LogP contribution in [0.5, 0.6) is 0 Å². The van der Waals surface area contributed by atoms with E-state index < -0.39 is 0 Å². The summed E-state index contributed by atoms with van der Waals surface area (Å²) in [7, 11) is 1.78. The molecule has 0 radical (unpaired) electrons. The van der Waals surface area contributed by atoms with Crippen LogP contribution in [0.4, 0.5) is 5.69 Å².